The number of carbonyl (C=O) groups excluding carboxylic acids is 2. The van der Waals surface area contributed by atoms with Gasteiger partial charge in [-0.3, -0.25) is 9.59 Å². The van der Waals surface area contributed by atoms with Crippen molar-refractivity contribution in [2.45, 2.75) is 25.2 Å². The third-order valence-corrected chi connectivity index (χ3v) is 5.11. The largest absolute Gasteiger partial charge is 0.344 e. The molecule has 0 spiro atoms. The number of nitrogens with zero attached hydrogens (tertiary/aromatic N) is 1. The van der Waals surface area contributed by atoms with E-state index in [1.165, 1.54) is 0 Å². The van der Waals surface area contributed by atoms with E-state index in [2.05, 4.69) is 0 Å². The highest BCUT2D eigenvalue weighted by Crippen LogP contribution is 2.65. The van der Waals surface area contributed by atoms with Crippen LogP contribution in [0.25, 0.3) is 0 Å². The highest BCUT2D eigenvalue weighted by Gasteiger charge is 2.76. The van der Waals surface area contributed by atoms with Gasteiger partial charge in [0.1, 0.15) is 11.8 Å². The standard InChI is InChI=1S/C11H13NO3/c1-11-7-5-3-4(8(13)9(5)15-11)6(7)10(14)12(11)2/h4-7,9H,3H2,1-2H3. The summed E-state index contributed by atoms with van der Waals surface area (Å²) in [6.07, 6.45) is 0.672. The van der Waals surface area contributed by atoms with E-state index in [0.29, 0.717) is 5.92 Å². The fourth-order valence-corrected chi connectivity index (χ4v) is 4.41. The minimum atomic E-state index is -0.502. The highest BCUT2D eigenvalue weighted by atomic mass is 16.5. The molecule has 4 aliphatic rings. The van der Waals surface area contributed by atoms with E-state index < -0.39 is 5.72 Å². The maximum Gasteiger partial charge on any atom is 0.228 e. The second kappa shape index (κ2) is 1.98. The number of rotatable bonds is 0. The van der Waals surface area contributed by atoms with E-state index in [-0.39, 0.29) is 35.5 Å². The third kappa shape index (κ3) is 0.595. The van der Waals surface area contributed by atoms with Crippen molar-refractivity contribution in [2.75, 3.05) is 7.05 Å². The molecule has 6 unspecified atom stereocenters. The molecule has 2 aliphatic carbocycles. The van der Waals surface area contributed by atoms with Crippen molar-refractivity contribution in [1.29, 1.82) is 0 Å². The first-order valence-corrected chi connectivity index (χ1v) is 5.55. The number of hydrogen-bond donors (Lipinski definition) is 0. The summed E-state index contributed by atoms with van der Waals surface area (Å²) in [5, 5.41) is 0. The van der Waals surface area contributed by atoms with Crippen molar-refractivity contribution in [1.82, 2.24) is 4.90 Å². The molecule has 0 aromatic heterocycles. The Labute approximate surface area is 87.6 Å². The predicted octanol–water partition coefficient (Wildman–Crippen LogP) is 0.0246. The maximum absolute atomic E-state index is 12.1. The lowest BCUT2D eigenvalue weighted by Crippen LogP contribution is -2.45. The van der Waals surface area contributed by atoms with Crippen LogP contribution in [0.3, 0.4) is 0 Å². The SMILES string of the molecule is CN1C(=O)C2C3CC4C(OC1(C)C42)C3=O. The lowest BCUT2D eigenvalue weighted by Gasteiger charge is -2.31. The van der Waals surface area contributed by atoms with E-state index >= 15 is 0 Å². The summed E-state index contributed by atoms with van der Waals surface area (Å²) in [6, 6.07) is 0. The van der Waals surface area contributed by atoms with Crippen molar-refractivity contribution in [2.24, 2.45) is 23.7 Å². The van der Waals surface area contributed by atoms with Gasteiger partial charge in [-0.2, -0.15) is 0 Å². The minimum absolute atomic E-state index is 0.0377. The fourth-order valence-electron chi connectivity index (χ4n) is 4.41. The molecule has 1 amide bonds. The molecule has 2 saturated carbocycles. The minimum Gasteiger partial charge on any atom is -0.344 e. The quantitative estimate of drug-likeness (QED) is 0.562. The lowest BCUT2D eigenvalue weighted by atomic mass is 9.78. The number of fused-ring (bicyclic) bond motifs is 2. The van der Waals surface area contributed by atoms with Crippen LogP contribution in [0.2, 0.25) is 0 Å². The molecule has 2 bridgehead atoms. The van der Waals surface area contributed by atoms with E-state index in [4.69, 9.17) is 4.74 Å². The van der Waals surface area contributed by atoms with Crippen LogP contribution >= 0.6 is 0 Å². The van der Waals surface area contributed by atoms with Gasteiger partial charge in [0.15, 0.2) is 5.78 Å². The topological polar surface area (TPSA) is 46.6 Å². The summed E-state index contributed by atoms with van der Waals surface area (Å²) in [6.45, 7) is 1.96. The first-order valence-electron chi connectivity index (χ1n) is 5.55. The zero-order valence-electron chi connectivity index (χ0n) is 8.77. The molecule has 6 atom stereocenters. The molecular formula is C11H13NO3. The average molecular weight is 207 g/mol. The zero-order chi connectivity index (χ0) is 10.5. The Kier molecular flexibility index (Phi) is 1.09. The number of ketones is 1. The molecule has 80 valence electrons. The number of Topliss-reactive ketones (excluding diaryl/α,β-unsaturated/α-hetero) is 1. The van der Waals surface area contributed by atoms with Gasteiger partial charge >= 0.3 is 0 Å². The van der Waals surface area contributed by atoms with Gasteiger partial charge in [0, 0.05) is 24.8 Å². The van der Waals surface area contributed by atoms with Gasteiger partial charge in [-0.25, -0.2) is 0 Å². The Bertz CT molecular complexity index is 407. The van der Waals surface area contributed by atoms with Crippen LogP contribution in [0.4, 0.5) is 0 Å². The molecule has 2 heterocycles. The highest BCUT2D eigenvalue weighted by molar-refractivity contribution is 5.98. The van der Waals surface area contributed by atoms with Gasteiger partial charge in [-0.1, -0.05) is 0 Å². The summed E-state index contributed by atoms with van der Waals surface area (Å²) in [7, 11) is 1.80. The van der Waals surface area contributed by atoms with Gasteiger partial charge in [0.2, 0.25) is 5.91 Å². The summed E-state index contributed by atoms with van der Waals surface area (Å²) < 4.78 is 5.87. The third-order valence-electron chi connectivity index (χ3n) is 5.11. The number of hydrogen-bond acceptors (Lipinski definition) is 3. The molecule has 4 fully saturated rings. The van der Waals surface area contributed by atoms with Crippen molar-refractivity contribution in [3.8, 4) is 0 Å². The molecule has 0 aromatic carbocycles. The van der Waals surface area contributed by atoms with Crippen LogP contribution in [0, 0.1) is 23.7 Å². The average Bonchev–Trinajstić information content (AvgIpc) is 2.82. The van der Waals surface area contributed by atoms with Crippen molar-refractivity contribution in [3.05, 3.63) is 0 Å². The van der Waals surface area contributed by atoms with E-state index in [1.807, 2.05) is 6.92 Å². The molecule has 2 aliphatic heterocycles. The van der Waals surface area contributed by atoms with Gasteiger partial charge in [-0.05, 0) is 13.3 Å². The Balaban J connectivity index is 1.96. The number of amides is 1. The Morgan fingerprint density at radius 2 is 2.20 bits per heavy atom. The van der Waals surface area contributed by atoms with Gasteiger partial charge in [0.25, 0.3) is 0 Å². The molecule has 0 radical (unpaired) electrons. The lowest BCUT2D eigenvalue weighted by molar-refractivity contribution is -0.163. The Morgan fingerprint density at radius 3 is 2.93 bits per heavy atom. The van der Waals surface area contributed by atoms with E-state index in [1.54, 1.807) is 11.9 Å². The van der Waals surface area contributed by atoms with Crippen molar-refractivity contribution >= 4 is 11.7 Å². The number of ether oxygens (including phenoxy) is 1. The van der Waals surface area contributed by atoms with Crippen LogP contribution in [-0.2, 0) is 14.3 Å². The molecule has 0 N–H and O–H groups in total. The molecule has 4 nitrogen and oxygen atoms in total. The van der Waals surface area contributed by atoms with Crippen molar-refractivity contribution in [3.63, 3.8) is 0 Å². The molecule has 0 aromatic rings. The summed E-state index contributed by atoms with van der Waals surface area (Å²) in [4.78, 5) is 25.7. The second-order valence-electron chi connectivity index (χ2n) is 5.45. The first-order chi connectivity index (χ1) is 7.05. The summed E-state index contributed by atoms with van der Waals surface area (Å²) in [5.41, 5.74) is -0.502. The van der Waals surface area contributed by atoms with E-state index in [0.717, 1.165) is 6.42 Å². The van der Waals surface area contributed by atoms with Gasteiger partial charge in [-0.15, -0.1) is 0 Å². The van der Waals surface area contributed by atoms with E-state index in [9.17, 15) is 9.59 Å². The predicted molar refractivity (Wildman–Crippen MR) is 49.6 cm³/mol. The first kappa shape index (κ1) is 8.28. The molecule has 15 heavy (non-hydrogen) atoms. The van der Waals surface area contributed by atoms with Crippen LogP contribution in [-0.4, -0.2) is 35.5 Å². The zero-order valence-corrected chi connectivity index (χ0v) is 8.77. The molecule has 4 heteroatoms. The number of carbonyl (C=O) groups is 2. The second-order valence-corrected chi connectivity index (χ2v) is 5.45. The normalized spacial score (nSPS) is 59.9. The summed E-state index contributed by atoms with van der Waals surface area (Å²) in [5.74, 6) is 0.766. The van der Waals surface area contributed by atoms with Gasteiger partial charge < -0.3 is 9.64 Å². The molecule has 2 saturated heterocycles. The maximum atomic E-state index is 12.1. The smallest absolute Gasteiger partial charge is 0.228 e. The van der Waals surface area contributed by atoms with Crippen LogP contribution in [0.5, 0.6) is 0 Å². The van der Waals surface area contributed by atoms with Crippen LogP contribution in [0.15, 0.2) is 0 Å². The Morgan fingerprint density at radius 1 is 1.47 bits per heavy atom. The fraction of sp³-hybridized carbons (Fsp3) is 0.818. The van der Waals surface area contributed by atoms with Crippen molar-refractivity contribution < 1.29 is 14.3 Å². The van der Waals surface area contributed by atoms with Crippen LogP contribution in [0.1, 0.15) is 13.3 Å². The molecular weight excluding hydrogens is 194 g/mol. The molecule has 4 rings (SSSR count). The summed E-state index contributed by atoms with van der Waals surface area (Å²) >= 11 is 0. The van der Waals surface area contributed by atoms with Gasteiger partial charge in [0.05, 0.1) is 5.92 Å². The van der Waals surface area contributed by atoms with Crippen LogP contribution < -0.4 is 0 Å². The Hall–Kier alpha value is -0.900. The monoisotopic (exact) mass is 207 g/mol. The number of likely N-dealkylation sites (tertiary alicyclic amines) is 1.